The Morgan fingerprint density at radius 3 is 2.29 bits per heavy atom. The first-order valence-electron chi connectivity index (χ1n) is 2.06. The Morgan fingerprint density at radius 2 is 2.14 bits per heavy atom. The van der Waals surface area contributed by atoms with Gasteiger partial charge < -0.3 is 4.52 Å². The molecule has 0 aliphatic rings. The van der Waals surface area contributed by atoms with Gasteiger partial charge in [0.15, 0.2) is 5.76 Å². The highest BCUT2D eigenvalue weighted by Gasteiger charge is 1.93. The monoisotopic (exact) mass is 98.0 g/mol. The molecule has 0 radical (unpaired) electrons. The second-order valence-electron chi connectivity index (χ2n) is 1.41. The molecule has 0 unspecified atom stereocenters. The van der Waals surface area contributed by atoms with Crippen molar-refractivity contribution in [1.82, 2.24) is 10.4 Å². The van der Waals surface area contributed by atoms with Gasteiger partial charge in [-0.25, -0.2) is 0 Å². The van der Waals surface area contributed by atoms with Crippen LogP contribution in [0.25, 0.3) is 0 Å². The van der Waals surface area contributed by atoms with E-state index in [1.165, 1.54) is 0 Å². The summed E-state index contributed by atoms with van der Waals surface area (Å²) < 4.78 is 4.60. The third kappa shape index (κ3) is 0.607. The second-order valence-corrected chi connectivity index (χ2v) is 1.41. The van der Waals surface area contributed by atoms with Crippen LogP contribution < -0.4 is 0 Å². The van der Waals surface area contributed by atoms with Gasteiger partial charge in [0.1, 0.15) is 5.69 Å². The molecule has 0 fully saturated rings. The fourth-order valence-corrected chi connectivity index (χ4v) is 0.279. The Bertz CT molecular complexity index is 142. The van der Waals surface area contributed by atoms with Gasteiger partial charge in [-0.05, 0) is 13.8 Å². The summed E-state index contributed by atoms with van der Waals surface area (Å²) in [4.78, 5) is 0. The summed E-state index contributed by atoms with van der Waals surface area (Å²) in [5.74, 6) is 0.792. The van der Waals surface area contributed by atoms with E-state index in [1.54, 1.807) is 0 Å². The standard InChI is InChI=1S/C4H6N2O/c1-3-4(2)7-6-5-3/h1-2H3. The average Bonchev–Trinajstić information content (AvgIpc) is 1.91. The lowest BCUT2D eigenvalue weighted by Gasteiger charge is -1.72. The number of nitrogens with zero attached hydrogens (tertiary/aromatic N) is 2. The van der Waals surface area contributed by atoms with Gasteiger partial charge in [0.25, 0.3) is 0 Å². The molecule has 1 heterocycles. The van der Waals surface area contributed by atoms with Crippen molar-refractivity contribution in [3.05, 3.63) is 11.5 Å². The Kier molecular flexibility index (Phi) is 0.817. The van der Waals surface area contributed by atoms with E-state index in [9.17, 15) is 0 Å². The van der Waals surface area contributed by atoms with Crippen molar-refractivity contribution in [3.8, 4) is 0 Å². The lowest BCUT2D eigenvalue weighted by Crippen LogP contribution is -1.70. The largest absolute Gasteiger partial charge is 0.342 e. The molecule has 1 aromatic rings. The zero-order valence-corrected chi connectivity index (χ0v) is 4.30. The first-order valence-corrected chi connectivity index (χ1v) is 2.06. The van der Waals surface area contributed by atoms with Gasteiger partial charge in [-0.3, -0.25) is 0 Å². The minimum atomic E-state index is 0.792. The summed E-state index contributed by atoms with van der Waals surface area (Å²) in [7, 11) is 0. The van der Waals surface area contributed by atoms with Gasteiger partial charge in [-0.1, -0.05) is 0 Å². The summed E-state index contributed by atoms with van der Waals surface area (Å²) >= 11 is 0. The summed E-state index contributed by atoms with van der Waals surface area (Å²) in [6.45, 7) is 3.68. The lowest BCUT2D eigenvalue weighted by molar-refractivity contribution is 0.373. The highest BCUT2D eigenvalue weighted by atomic mass is 16.5. The second kappa shape index (κ2) is 1.33. The topological polar surface area (TPSA) is 38.9 Å². The molecule has 38 valence electrons. The Hall–Kier alpha value is -0.860. The van der Waals surface area contributed by atoms with Crippen LogP contribution in [0.3, 0.4) is 0 Å². The molecule has 0 aromatic carbocycles. The van der Waals surface area contributed by atoms with Crippen LogP contribution in [-0.2, 0) is 0 Å². The SMILES string of the molecule is Cc1nnoc1C. The molecular formula is C4H6N2O. The minimum absolute atomic E-state index is 0.792. The first-order chi connectivity index (χ1) is 3.30. The zero-order chi connectivity index (χ0) is 5.28. The summed E-state index contributed by atoms with van der Waals surface area (Å²) in [5, 5.41) is 6.90. The maximum atomic E-state index is 4.60. The van der Waals surface area contributed by atoms with Crippen molar-refractivity contribution in [1.29, 1.82) is 0 Å². The highest BCUT2D eigenvalue weighted by molar-refractivity contribution is 4.97. The molecule has 1 aromatic heterocycles. The van der Waals surface area contributed by atoms with Crippen LogP contribution >= 0.6 is 0 Å². The summed E-state index contributed by atoms with van der Waals surface area (Å²) in [6, 6.07) is 0. The first kappa shape index (κ1) is 4.30. The van der Waals surface area contributed by atoms with Crippen LogP contribution in [0.2, 0.25) is 0 Å². The molecule has 1 rings (SSSR count). The number of rotatable bonds is 0. The predicted molar refractivity (Wildman–Crippen MR) is 23.8 cm³/mol. The van der Waals surface area contributed by atoms with Gasteiger partial charge in [-0.2, -0.15) is 0 Å². The van der Waals surface area contributed by atoms with E-state index in [0.29, 0.717) is 0 Å². The van der Waals surface area contributed by atoms with Gasteiger partial charge in [-0.15, -0.1) is 5.10 Å². The molecule has 0 atom stereocenters. The normalized spacial score (nSPS) is 9.43. The zero-order valence-electron chi connectivity index (χ0n) is 4.30. The fraction of sp³-hybridized carbons (Fsp3) is 0.500. The minimum Gasteiger partial charge on any atom is -0.342 e. The smallest absolute Gasteiger partial charge is 0.156 e. The quantitative estimate of drug-likeness (QED) is 0.479. The van der Waals surface area contributed by atoms with Crippen LogP contribution in [0, 0.1) is 13.8 Å². The number of aromatic nitrogens is 2. The van der Waals surface area contributed by atoms with E-state index < -0.39 is 0 Å². The molecule has 0 spiro atoms. The van der Waals surface area contributed by atoms with Crippen LogP contribution in [0.15, 0.2) is 4.52 Å². The molecule has 7 heavy (non-hydrogen) atoms. The molecule has 0 bridgehead atoms. The molecule has 0 aliphatic heterocycles. The lowest BCUT2D eigenvalue weighted by atomic mass is 10.4. The molecule has 3 heteroatoms. The Labute approximate surface area is 41.3 Å². The molecule has 0 N–H and O–H groups in total. The van der Waals surface area contributed by atoms with Crippen LogP contribution in [0.1, 0.15) is 11.5 Å². The van der Waals surface area contributed by atoms with E-state index in [-0.39, 0.29) is 0 Å². The van der Waals surface area contributed by atoms with E-state index in [1.807, 2.05) is 13.8 Å². The van der Waals surface area contributed by atoms with Crippen molar-refractivity contribution in [3.63, 3.8) is 0 Å². The van der Waals surface area contributed by atoms with Crippen molar-refractivity contribution in [2.24, 2.45) is 0 Å². The predicted octanol–water partition coefficient (Wildman–Crippen LogP) is 0.686. The summed E-state index contributed by atoms with van der Waals surface area (Å²) in [5.41, 5.74) is 0.861. The van der Waals surface area contributed by atoms with E-state index in [0.717, 1.165) is 11.5 Å². The molecule has 0 aliphatic carbocycles. The van der Waals surface area contributed by atoms with E-state index >= 15 is 0 Å². The van der Waals surface area contributed by atoms with E-state index in [4.69, 9.17) is 0 Å². The number of hydrogen-bond acceptors (Lipinski definition) is 3. The maximum Gasteiger partial charge on any atom is 0.156 e. The summed E-state index contributed by atoms with van der Waals surface area (Å²) in [6.07, 6.45) is 0. The molecule has 0 saturated carbocycles. The molecular weight excluding hydrogens is 92.1 g/mol. The van der Waals surface area contributed by atoms with Crippen molar-refractivity contribution < 1.29 is 4.52 Å². The third-order valence-electron chi connectivity index (χ3n) is 0.878. The van der Waals surface area contributed by atoms with Crippen molar-refractivity contribution in [2.45, 2.75) is 13.8 Å². The van der Waals surface area contributed by atoms with Gasteiger partial charge >= 0.3 is 0 Å². The third-order valence-corrected chi connectivity index (χ3v) is 0.878. The maximum absolute atomic E-state index is 4.60. The number of aryl methyl sites for hydroxylation is 2. The van der Waals surface area contributed by atoms with Crippen molar-refractivity contribution >= 4 is 0 Å². The Balaban J connectivity index is 3.12. The van der Waals surface area contributed by atoms with E-state index in [2.05, 4.69) is 14.9 Å². The fourth-order valence-electron chi connectivity index (χ4n) is 0.279. The van der Waals surface area contributed by atoms with Crippen molar-refractivity contribution in [2.75, 3.05) is 0 Å². The molecule has 0 amide bonds. The van der Waals surface area contributed by atoms with Crippen LogP contribution in [0.4, 0.5) is 0 Å². The Morgan fingerprint density at radius 1 is 1.43 bits per heavy atom. The van der Waals surface area contributed by atoms with Crippen LogP contribution in [0.5, 0.6) is 0 Å². The molecule has 3 nitrogen and oxygen atoms in total. The average molecular weight is 98.1 g/mol. The highest BCUT2D eigenvalue weighted by Crippen LogP contribution is 1.96. The van der Waals surface area contributed by atoms with Gasteiger partial charge in [0, 0.05) is 5.27 Å². The van der Waals surface area contributed by atoms with Gasteiger partial charge in [0.2, 0.25) is 0 Å². The van der Waals surface area contributed by atoms with Crippen LogP contribution in [-0.4, -0.2) is 10.4 Å². The number of hydrogen-bond donors (Lipinski definition) is 0. The molecule has 0 saturated heterocycles. The van der Waals surface area contributed by atoms with Gasteiger partial charge in [0.05, 0.1) is 0 Å².